The third-order valence-corrected chi connectivity index (χ3v) is 3.65. The van der Waals surface area contributed by atoms with Crippen molar-refractivity contribution in [2.24, 2.45) is 0 Å². The van der Waals surface area contributed by atoms with Crippen molar-refractivity contribution >= 4 is 23.2 Å². The number of benzene rings is 2. The van der Waals surface area contributed by atoms with Gasteiger partial charge in [0.25, 0.3) is 0 Å². The van der Waals surface area contributed by atoms with Gasteiger partial charge in [-0.1, -0.05) is 41.9 Å². The zero-order valence-corrected chi connectivity index (χ0v) is 12.6. The second-order valence-electron chi connectivity index (χ2n) is 5.25. The van der Waals surface area contributed by atoms with Crippen LogP contribution in [0.3, 0.4) is 0 Å². The summed E-state index contributed by atoms with van der Waals surface area (Å²) in [5.41, 5.74) is 1.01. The Hall–Kier alpha value is -2.31. The van der Waals surface area contributed by atoms with Gasteiger partial charge in [-0.3, -0.25) is 4.79 Å². The Morgan fingerprint density at radius 1 is 1.19 bits per heavy atom. The molecule has 0 heterocycles. The van der Waals surface area contributed by atoms with Gasteiger partial charge in [-0.15, -0.1) is 0 Å². The molecule has 2 rings (SSSR count). The maximum atomic E-state index is 12.6. The Kier molecular flexibility index (Phi) is 4.30. The molecule has 0 saturated carbocycles. The van der Waals surface area contributed by atoms with Gasteiger partial charge in [0.05, 0.1) is 16.7 Å². The minimum Gasteiger partial charge on any atom is -0.324 e. The predicted molar refractivity (Wildman–Crippen MR) is 84.3 cm³/mol. The van der Waals surface area contributed by atoms with E-state index in [4.69, 9.17) is 16.9 Å². The molecular weight excluding hydrogens is 284 g/mol. The lowest BCUT2D eigenvalue weighted by molar-refractivity contribution is -0.120. The Morgan fingerprint density at radius 3 is 2.48 bits per heavy atom. The lowest BCUT2D eigenvalue weighted by Gasteiger charge is -2.24. The van der Waals surface area contributed by atoms with E-state index in [0.29, 0.717) is 16.3 Å². The van der Waals surface area contributed by atoms with Crippen LogP contribution in [0.2, 0.25) is 5.02 Å². The molecule has 2 aromatic carbocycles. The summed E-state index contributed by atoms with van der Waals surface area (Å²) in [6, 6.07) is 16.3. The number of nitriles is 1. The number of nitrogens with one attached hydrogen (secondary N) is 1. The van der Waals surface area contributed by atoms with Crippen molar-refractivity contribution in [3.63, 3.8) is 0 Å². The lowest BCUT2D eigenvalue weighted by atomic mass is 9.83. The Balaban J connectivity index is 2.30. The molecule has 0 fully saturated rings. The van der Waals surface area contributed by atoms with Crippen molar-refractivity contribution in [3.05, 3.63) is 64.7 Å². The first-order chi connectivity index (χ1) is 9.95. The lowest BCUT2D eigenvalue weighted by Crippen LogP contribution is -2.34. The van der Waals surface area contributed by atoms with Gasteiger partial charge >= 0.3 is 0 Å². The van der Waals surface area contributed by atoms with Crippen LogP contribution in [-0.2, 0) is 10.2 Å². The van der Waals surface area contributed by atoms with Gasteiger partial charge in [0.1, 0.15) is 6.07 Å². The molecule has 0 saturated heterocycles. The first kappa shape index (κ1) is 15.1. The van der Waals surface area contributed by atoms with E-state index in [2.05, 4.69) is 5.32 Å². The summed E-state index contributed by atoms with van der Waals surface area (Å²) in [6.45, 7) is 3.68. The molecule has 0 aromatic heterocycles. The van der Waals surface area contributed by atoms with Gasteiger partial charge in [-0.25, -0.2) is 0 Å². The number of carbonyl (C=O) groups is 1. The highest BCUT2D eigenvalue weighted by atomic mass is 35.5. The molecule has 0 unspecified atom stereocenters. The van der Waals surface area contributed by atoms with E-state index in [1.54, 1.807) is 18.2 Å². The molecule has 0 radical (unpaired) electrons. The summed E-state index contributed by atoms with van der Waals surface area (Å²) >= 11 is 5.93. The molecule has 0 atom stereocenters. The van der Waals surface area contributed by atoms with Crippen molar-refractivity contribution in [2.45, 2.75) is 19.3 Å². The molecule has 0 aliphatic rings. The van der Waals surface area contributed by atoms with Crippen LogP contribution in [0, 0.1) is 11.3 Å². The first-order valence-corrected chi connectivity index (χ1v) is 6.89. The van der Waals surface area contributed by atoms with Crippen LogP contribution in [0.1, 0.15) is 25.0 Å². The number of anilines is 1. The van der Waals surface area contributed by atoms with Crippen molar-refractivity contribution in [3.8, 4) is 6.07 Å². The van der Waals surface area contributed by atoms with E-state index in [-0.39, 0.29) is 5.91 Å². The molecule has 4 heteroatoms. The quantitative estimate of drug-likeness (QED) is 0.926. The molecule has 0 bridgehead atoms. The fourth-order valence-corrected chi connectivity index (χ4v) is 2.15. The fourth-order valence-electron chi connectivity index (χ4n) is 1.98. The highest BCUT2D eigenvalue weighted by Crippen LogP contribution is 2.27. The molecule has 3 nitrogen and oxygen atoms in total. The standard InChI is InChI=1S/C17H15ClN2O/c1-17(2,13-6-4-3-5-7-13)16(21)20-15-10-14(18)9-8-12(15)11-19/h3-10H,1-2H3,(H,20,21). The van der Waals surface area contributed by atoms with Crippen LogP contribution in [-0.4, -0.2) is 5.91 Å². The van der Waals surface area contributed by atoms with Crippen LogP contribution < -0.4 is 5.32 Å². The number of halogens is 1. The van der Waals surface area contributed by atoms with Gasteiger partial charge in [0, 0.05) is 5.02 Å². The zero-order chi connectivity index (χ0) is 15.5. The SMILES string of the molecule is CC(C)(C(=O)Nc1cc(Cl)ccc1C#N)c1ccccc1. The van der Waals surface area contributed by atoms with E-state index in [1.807, 2.05) is 50.2 Å². The summed E-state index contributed by atoms with van der Waals surface area (Å²) < 4.78 is 0. The van der Waals surface area contributed by atoms with Crippen molar-refractivity contribution in [1.29, 1.82) is 5.26 Å². The smallest absolute Gasteiger partial charge is 0.234 e. The molecule has 1 N–H and O–H groups in total. The third kappa shape index (κ3) is 3.24. The Bertz CT molecular complexity index is 702. The second-order valence-corrected chi connectivity index (χ2v) is 5.68. The summed E-state index contributed by atoms with van der Waals surface area (Å²) in [6.07, 6.45) is 0. The summed E-state index contributed by atoms with van der Waals surface area (Å²) in [4.78, 5) is 12.6. The largest absolute Gasteiger partial charge is 0.324 e. The van der Waals surface area contributed by atoms with Gasteiger partial charge in [0.2, 0.25) is 5.91 Å². The van der Waals surface area contributed by atoms with Crippen molar-refractivity contribution < 1.29 is 4.79 Å². The minimum atomic E-state index is -0.712. The number of nitrogens with zero attached hydrogens (tertiary/aromatic N) is 1. The van der Waals surface area contributed by atoms with Crippen LogP contribution >= 0.6 is 11.6 Å². The van der Waals surface area contributed by atoms with Crippen LogP contribution in [0.4, 0.5) is 5.69 Å². The van der Waals surface area contributed by atoms with Gasteiger partial charge in [0.15, 0.2) is 0 Å². The fraction of sp³-hybridized carbons (Fsp3) is 0.176. The maximum Gasteiger partial charge on any atom is 0.234 e. The molecule has 0 spiro atoms. The average molecular weight is 299 g/mol. The number of rotatable bonds is 3. The molecule has 1 amide bonds. The van der Waals surface area contributed by atoms with Crippen molar-refractivity contribution in [2.75, 3.05) is 5.32 Å². The Labute approximate surface area is 129 Å². The molecule has 0 aliphatic heterocycles. The monoisotopic (exact) mass is 298 g/mol. The summed E-state index contributed by atoms with van der Waals surface area (Å²) in [5.74, 6) is -0.188. The third-order valence-electron chi connectivity index (χ3n) is 3.41. The van der Waals surface area contributed by atoms with E-state index in [1.165, 1.54) is 0 Å². The van der Waals surface area contributed by atoms with Gasteiger partial charge < -0.3 is 5.32 Å². The van der Waals surface area contributed by atoms with E-state index in [9.17, 15) is 4.79 Å². The molecule has 0 aliphatic carbocycles. The van der Waals surface area contributed by atoms with Crippen LogP contribution in [0.15, 0.2) is 48.5 Å². The van der Waals surface area contributed by atoms with Gasteiger partial charge in [-0.2, -0.15) is 5.26 Å². The first-order valence-electron chi connectivity index (χ1n) is 6.52. The van der Waals surface area contributed by atoms with E-state index >= 15 is 0 Å². The zero-order valence-electron chi connectivity index (χ0n) is 11.9. The van der Waals surface area contributed by atoms with E-state index < -0.39 is 5.41 Å². The molecule has 21 heavy (non-hydrogen) atoms. The molecular formula is C17H15ClN2O. The van der Waals surface area contributed by atoms with Crippen LogP contribution in [0.5, 0.6) is 0 Å². The van der Waals surface area contributed by atoms with Gasteiger partial charge in [-0.05, 0) is 37.6 Å². The van der Waals surface area contributed by atoms with Crippen LogP contribution in [0.25, 0.3) is 0 Å². The second kappa shape index (κ2) is 5.99. The summed E-state index contributed by atoms with van der Waals surface area (Å²) in [5, 5.41) is 12.4. The highest BCUT2D eigenvalue weighted by molar-refractivity contribution is 6.31. The number of hydrogen-bond acceptors (Lipinski definition) is 2. The highest BCUT2D eigenvalue weighted by Gasteiger charge is 2.30. The number of amides is 1. The predicted octanol–water partition coefficient (Wildman–Crippen LogP) is 4.13. The molecule has 106 valence electrons. The number of carbonyl (C=O) groups excluding carboxylic acids is 1. The summed E-state index contributed by atoms with van der Waals surface area (Å²) in [7, 11) is 0. The number of hydrogen-bond donors (Lipinski definition) is 1. The average Bonchev–Trinajstić information content (AvgIpc) is 2.48. The normalized spacial score (nSPS) is 10.8. The maximum absolute atomic E-state index is 12.6. The Morgan fingerprint density at radius 2 is 1.86 bits per heavy atom. The molecule has 2 aromatic rings. The van der Waals surface area contributed by atoms with Crippen molar-refractivity contribution in [1.82, 2.24) is 0 Å². The minimum absolute atomic E-state index is 0.188. The topological polar surface area (TPSA) is 52.9 Å². The van der Waals surface area contributed by atoms with E-state index in [0.717, 1.165) is 5.56 Å².